The van der Waals surface area contributed by atoms with Gasteiger partial charge in [0.15, 0.2) is 5.70 Å². The van der Waals surface area contributed by atoms with Gasteiger partial charge in [-0.1, -0.05) is 36.4 Å². The topological polar surface area (TPSA) is 7.94 Å². The minimum absolute atomic E-state index is 0.925. The molecule has 2 nitrogen and oxygen atoms in total. The zero-order valence-corrected chi connectivity index (χ0v) is 14.6. The van der Waals surface area contributed by atoms with E-state index in [1.807, 2.05) is 36.7 Å². The Morgan fingerprint density at radius 1 is 0.962 bits per heavy atom. The summed E-state index contributed by atoms with van der Waals surface area (Å²) in [5, 5.41) is 2.54. The van der Waals surface area contributed by atoms with Crippen LogP contribution in [-0.2, 0) is 0 Å². The minimum atomic E-state index is -1.20. The Morgan fingerprint density at radius 2 is 1.85 bits per heavy atom. The summed E-state index contributed by atoms with van der Waals surface area (Å²) >= 11 is 1.80. The lowest BCUT2D eigenvalue weighted by Crippen LogP contribution is -2.37. The molecule has 4 heterocycles. The quantitative estimate of drug-likeness (QED) is 0.421. The molecule has 4 aromatic rings. The number of halogens is 1. The lowest BCUT2D eigenvalue weighted by Gasteiger charge is -2.18. The van der Waals surface area contributed by atoms with Crippen LogP contribution in [0.1, 0.15) is 11.3 Å². The first kappa shape index (κ1) is 14.3. The monoisotopic (exact) mass is 355 g/mol. The van der Waals surface area contributed by atoms with Crippen molar-refractivity contribution in [2.24, 2.45) is 0 Å². The van der Waals surface area contributed by atoms with Crippen LogP contribution in [0.3, 0.4) is 0 Å². The van der Waals surface area contributed by atoms with Crippen LogP contribution in [0.4, 0.5) is 4.32 Å². The number of aromatic nitrogens is 1. The molecule has 0 fully saturated rings. The fraction of sp³-hybridized carbons (Fsp3) is 0. The Labute approximate surface area is 154 Å². The van der Waals surface area contributed by atoms with Crippen molar-refractivity contribution in [2.75, 3.05) is 0 Å². The second-order valence-electron chi connectivity index (χ2n) is 6.57. The Bertz CT molecular complexity index is 1310. The SMILES string of the molecule is FB1n2cccc2C(c2cccc3c2sc2ccccc23)=C2C=CC=[N+]12. The number of benzene rings is 2. The normalized spacial score (nSPS) is 15.7. The molecule has 2 aliphatic rings. The molecule has 0 radical (unpaired) electrons. The minimum Gasteiger partial charge on any atom is -0.293 e. The van der Waals surface area contributed by atoms with Gasteiger partial charge in [0.25, 0.3) is 0 Å². The van der Waals surface area contributed by atoms with Crippen molar-refractivity contribution >= 4 is 50.6 Å². The standard InChI is InChI=1S/C21H13BFN2S/c23-22-24-12-4-9-17(24)20(18-10-5-13-25(18)22)16-8-3-7-15-14-6-1-2-11-19(14)26-21(15)16/h1-13H/q+1. The molecule has 0 atom stereocenters. The molecule has 2 aliphatic heterocycles. The maximum atomic E-state index is 14.9. The number of fused-ring (bicyclic) bond motifs is 5. The van der Waals surface area contributed by atoms with Crippen molar-refractivity contribution in [1.82, 2.24) is 4.48 Å². The third-order valence-corrected chi connectivity index (χ3v) is 6.42. The van der Waals surface area contributed by atoms with Crippen LogP contribution < -0.4 is 0 Å². The Morgan fingerprint density at radius 3 is 2.81 bits per heavy atom. The lowest BCUT2D eigenvalue weighted by atomic mass is 9.90. The van der Waals surface area contributed by atoms with Crippen molar-refractivity contribution < 1.29 is 8.80 Å². The van der Waals surface area contributed by atoms with Gasteiger partial charge in [-0.15, -0.1) is 11.3 Å². The summed E-state index contributed by atoms with van der Waals surface area (Å²) in [6, 6.07) is 18.9. The number of rotatable bonds is 1. The van der Waals surface area contributed by atoms with Crippen LogP contribution in [0.15, 0.2) is 78.6 Å². The van der Waals surface area contributed by atoms with E-state index in [0.717, 1.165) is 22.5 Å². The number of nitrogens with zero attached hydrogens (tertiary/aromatic N) is 2. The van der Waals surface area contributed by atoms with E-state index in [2.05, 4.69) is 42.5 Å². The van der Waals surface area contributed by atoms with E-state index < -0.39 is 7.26 Å². The average molecular weight is 355 g/mol. The van der Waals surface area contributed by atoms with Gasteiger partial charge < -0.3 is 0 Å². The summed E-state index contributed by atoms with van der Waals surface area (Å²) in [6.45, 7) is 0. The van der Waals surface area contributed by atoms with Gasteiger partial charge in [0, 0.05) is 44.1 Å². The molecule has 6 rings (SSSR count). The molecule has 0 unspecified atom stereocenters. The number of allylic oxidation sites excluding steroid dienone is 2. The van der Waals surface area contributed by atoms with Gasteiger partial charge in [0.1, 0.15) is 6.21 Å². The molecule has 0 bridgehead atoms. The van der Waals surface area contributed by atoms with Gasteiger partial charge in [-0.3, -0.25) is 4.48 Å². The van der Waals surface area contributed by atoms with Crippen LogP contribution in [-0.4, -0.2) is 22.4 Å². The molecular weight excluding hydrogens is 342 g/mol. The van der Waals surface area contributed by atoms with Crippen LogP contribution in [0.5, 0.6) is 0 Å². The molecule has 0 spiro atoms. The van der Waals surface area contributed by atoms with Crippen molar-refractivity contribution in [3.63, 3.8) is 0 Å². The number of thiophene rings is 1. The zero-order valence-electron chi connectivity index (χ0n) is 13.8. The van der Waals surface area contributed by atoms with Crippen molar-refractivity contribution in [3.05, 3.63) is 89.9 Å². The van der Waals surface area contributed by atoms with E-state index in [4.69, 9.17) is 0 Å². The van der Waals surface area contributed by atoms with Crippen LogP contribution in [0.2, 0.25) is 0 Å². The molecule has 2 aromatic carbocycles. The Balaban J connectivity index is 1.75. The van der Waals surface area contributed by atoms with Gasteiger partial charge >= 0.3 is 7.26 Å². The fourth-order valence-electron chi connectivity index (χ4n) is 4.07. The second-order valence-corrected chi connectivity index (χ2v) is 7.62. The zero-order chi connectivity index (χ0) is 17.3. The molecule has 0 amide bonds. The highest BCUT2D eigenvalue weighted by Crippen LogP contribution is 2.42. The highest BCUT2D eigenvalue weighted by molar-refractivity contribution is 7.26. The maximum Gasteiger partial charge on any atom is 0.845 e. The predicted octanol–water partition coefficient (Wildman–Crippen LogP) is 5.08. The average Bonchev–Trinajstić information content (AvgIpc) is 3.40. The smallest absolute Gasteiger partial charge is 0.293 e. The first-order valence-electron chi connectivity index (χ1n) is 8.59. The first-order valence-corrected chi connectivity index (χ1v) is 9.41. The summed E-state index contributed by atoms with van der Waals surface area (Å²) in [5.41, 5.74) is 4.10. The van der Waals surface area contributed by atoms with Gasteiger partial charge in [-0.05, 0) is 18.2 Å². The summed E-state index contributed by atoms with van der Waals surface area (Å²) in [6.07, 6.45) is 7.55. The van der Waals surface area contributed by atoms with Crippen molar-refractivity contribution in [3.8, 4) is 0 Å². The fourth-order valence-corrected chi connectivity index (χ4v) is 5.29. The van der Waals surface area contributed by atoms with E-state index in [1.165, 1.54) is 20.2 Å². The molecular formula is C21H13BFN2S+. The Kier molecular flexibility index (Phi) is 2.77. The molecule has 0 aliphatic carbocycles. The third-order valence-electron chi connectivity index (χ3n) is 5.20. The number of hydrogen-bond donors (Lipinski definition) is 0. The third kappa shape index (κ3) is 1.73. The molecule has 26 heavy (non-hydrogen) atoms. The van der Waals surface area contributed by atoms with Crippen LogP contribution in [0, 0.1) is 0 Å². The van der Waals surface area contributed by atoms with E-state index >= 15 is 0 Å². The van der Waals surface area contributed by atoms with E-state index in [9.17, 15) is 4.32 Å². The van der Waals surface area contributed by atoms with Crippen molar-refractivity contribution in [2.45, 2.75) is 0 Å². The van der Waals surface area contributed by atoms with E-state index in [1.54, 1.807) is 20.3 Å². The van der Waals surface area contributed by atoms with Gasteiger partial charge in [-0.2, -0.15) is 0 Å². The van der Waals surface area contributed by atoms with E-state index in [0.29, 0.717) is 0 Å². The van der Waals surface area contributed by atoms with Gasteiger partial charge in [0.05, 0.1) is 11.3 Å². The van der Waals surface area contributed by atoms with Crippen LogP contribution >= 0.6 is 11.3 Å². The highest BCUT2D eigenvalue weighted by Gasteiger charge is 2.46. The molecule has 2 aromatic heterocycles. The van der Waals surface area contributed by atoms with E-state index in [-0.39, 0.29) is 0 Å². The molecule has 5 heteroatoms. The van der Waals surface area contributed by atoms with Gasteiger partial charge in [-0.25, -0.2) is 8.80 Å². The molecule has 0 saturated carbocycles. The van der Waals surface area contributed by atoms with Gasteiger partial charge in [0.2, 0.25) is 0 Å². The largest absolute Gasteiger partial charge is 0.845 e. The second kappa shape index (κ2) is 5.05. The summed E-state index contributed by atoms with van der Waals surface area (Å²) in [5.74, 6) is 0. The maximum absolute atomic E-state index is 14.9. The molecule has 122 valence electrons. The lowest BCUT2D eigenvalue weighted by molar-refractivity contribution is -0.329. The summed E-state index contributed by atoms with van der Waals surface area (Å²) in [4.78, 5) is 0. The first-order chi connectivity index (χ1) is 12.8. The summed E-state index contributed by atoms with van der Waals surface area (Å²) in [7, 11) is -1.20. The molecule has 0 saturated heterocycles. The predicted molar refractivity (Wildman–Crippen MR) is 108 cm³/mol. The number of hydrogen-bond acceptors (Lipinski definition) is 1. The highest BCUT2D eigenvalue weighted by atomic mass is 32.1. The van der Waals surface area contributed by atoms with Crippen LogP contribution in [0.25, 0.3) is 25.7 Å². The summed E-state index contributed by atoms with van der Waals surface area (Å²) < 4.78 is 20.9. The van der Waals surface area contributed by atoms with Crippen molar-refractivity contribution in [1.29, 1.82) is 0 Å². The Hall–Kier alpha value is -2.92. The molecule has 0 N–H and O–H groups in total.